The van der Waals surface area contributed by atoms with Crippen LogP contribution in [-0.2, 0) is 9.59 Å². The quantitative estimate of drug-likeness (QED) is 0.479. The number of anilines is 1. The van der Waals surface area contributed by atoms with Gasteiger partial charge in [0.2, 0.25) is 0 Å². The fourth-order valence-electron chi connectivity index (χ4n) is 2.67. The number of urea groups is 1. The SMILES string of the molecule is C#CCOc1cc(OC)ccc1/C=C1/C(=O)NC(=O)N(c2ccccc2F)C1=O. The van der Waals surface area contributed by atoms with Crippen LogP contribution in [0, 0.1) is 18.2 Å². The van der Waals surface area contributed by atoms with Gasteiger partial charge in [-0.05, 0) is 30.3 Å². The van der Waals surface area contributed by atoms with Crippen molar-refractivity contribution in [2.75, 3.05) is 18.6 Å². The molecular weight excluding hydrogens is 379 g/mol. The number of imide groups is 2. The third-order valence-electron chi connectivity index (χ3n) is 4.03. The van der Waals surface area contributed by atoms with Gasteiger partial charge in [0.05, 0.1) is 12.8 Å². The van der Waals surface area contributed by atoms with E-state index in [4.69, 9.17) is 15.9 Å². The Morgan fingerprint density at radius 3 is 2.66 bits per heavy atom. The molecule has 1 fully saturated rings. The molecule has 0 spiro atoms. The summed E-state index contributed by atoms with van der Waals surface area (Å²) >= 11 is 0. The lowest BCUT2D eigenvalue weighted by Gasteiger charge is -2.26. The Balaban J connectivity index is 2.05. The molecule has 146 valence electrons. The maximum atomic E-state index is 14.1. The van der Waals surface area contributed by atoms with Crippen molar-refractivity contribution in [2.45, 2.75) is 0 Å². The number of amides is 4. The van der Waals surface area contributed by atoms with E-state index in [1.165, 1.54) is 37.5 Å². The van der Waals surface area contributed by atoms with Crippen LogP contribution in [0.1, 0.15) is 5.56 Å². The summed E-state index contributed by atoms with van der Waals surface area (Å²) in [6, 6.07) is 8.89. The first-order valence-corrected chi connectivity index (χ1v) is 8.36. The van der Waals surface area contributed by atoms with Gasteiger partial charge in [0.1, 0.15) is 29.5 Å². The summed E-state index contributed by atoms with van der Waals surface area (Å²) in [7, 11) is 1.47. The highest BCUT2D eigenvalue weighted by molar-refractivity contribution is 6.39. The Bertz CT molecular complexity index is 1070. The van der Waals surface area contributed by atoms with Crippen LogP contribution in [0.15, 0.2) is 48.0 Å². The molecule has 0 bridgehead atoms. The Kier molecular flexibility index (Phi) is 5.60. The van der Waals surface area contributed by atoms with Gasteiger partial charge < -0.3 is 9.47 Å². The molecule has 1 aliphatic rings. The molecule has 0 unspecified atom stereocenters. The van der Waals surface area contributed by atoms with E-state index in [0.29, 0.717) is 16.2 Å². The van der Waals surface area contributed by atoms with Gasteiger partial charge >= 0.3 is 6.03 Å². The summed E-state index contributed by atoms with van der Waals surface area (Å²) in [5, 5.41) is 2.04. The molecule has 29 heavy (non-hydrogen) atoms. The van der Waals surface area contributed by atoms with Crippen LogP contribution in [0.25, 0.3) is 6.08 Å². The number of nitrogens with one attached hydrogen (secondary N) is 1. The standard InChI is InChI=1S/C21H15FN2O5/c1-3-10-29-18-12-14(28-2)9-8-13(18)11-15-19(25)23-21(27)24(20(15)26)17-7-5-4-6-16(17)22/h1,4-9,11-12H,10H2,2H3,(H,23,25,27)/b15-11-. The molecule has 1 saturated heterocycles. The van der Waals surface area contributed by atoms with Crippen molar-refractivity contribution in [1.29, 1.82) is 0 Å². The van der Waals surface area contributed by atoms with Gasteiger partial charge in [-0.15, -0.1) is 6.42 Å². The molecule has 1 aliphatic heterocycles. The normalized spacial score (nSPS) is 15.1. The van der Waals surface area contributed by atoms with Gasteiger partial charge in [-0.3, -0.25) is 14.9 Å². The molecule has 7 nitrogen and oxygen atoms in total. The molecule has 8 heteroatoms. The average molecular weight is 394 g/mol. The fourth-order valence-corrected chi connectivity index (χ4v) is 2.67. The van der Waals surface area contributed by atoms with Crippen LogP contribution in [-0.4, -0.2) is 31.6 Å². The molecule has 0 atom stereocenters. The predicted molar refractivity (Wildman–Crippen MR) is 103 cm³/mol. The van der Waals surface area contributed by atoms with Gasteiger partial charge in [-0.25, -0.2) is 14.1 Å². The van der Waals surface area contributed by atoms with Crippen LogP contribution in [0.2, 0.25) is 0 Å². The van der Waals surface area contributed by atoms with E-state index in [-0.39, 0.29) is 23.6 Å². The van der Waals surface area contributed by atoms with E-state index < -0.39 is 23.7 Å². The minimum atomic E-state index is -1.04. The second kappa shape index (κ2) is 8.27. The summed E-state index contributed by atoms with van der Waals surface area (Å²) in [6.45, 7) is -0.0523. The first-order valence-electron chi connectivity index (χ1n) is 8.36. The highest BCUT2D eigenvalue weighted by atomic mass is 19.1. The summed E-state index contributed by atoms with van der Waals surface area (Å²) in [4.78, 5) is 37.9. The minimum absolute atomic E-state index is 0.0523. The zero-order valence-electron chi connectivity index (χ0n) is 15.3. The van der Waals surface area contributed by atoms with E-state index in [0.717, 1.165) is 6.07 Å². The smallest absolute Gasteiger partial charge is 0.336 e. The predicted octanol–water partition coefficient (Wildman–Crippen LogP) is 2.51. The Hall–Kier alpha value is -4.12. The molecule has 4 amide bonds. The van der Waals surface area contributed by atoms with Crippen molar-refractivity contribution in [3.05, 3.63) is 59.4 Å². The average Bonchev–Trinajstić information content (AvgIpc) is 2.71. The first-order chi connectivity index (χ1) is 14.0. The maximum Gasteiger partial charge on any atom is 0.336 e. The number of rotatable bonds is 5. The van der Waals surface area contributed by atoms with Crippen LogP contribution in [0.5, 0.6) is 11.5 Å². The van der Waals surface area contributed by atoms with Crippen molar-refractivity contribution >= 4 is 29.6 Å². The second-order valence-electron chi connectivity index (χ2n) is 5.81. The second-order valence-corrected chi connectivity index (χ2v) is 5.81. The van der Waals surface area contributed by atoms with Crippen LogP contribution in [0.3, 0.4) is 0 Å². The molecule has 0 saturated carbocycles. The number of hydrogen-bond acceptors (Lipinski definition) is 5. The lowest BCUT2D eigenvalue weighted by molar-refractivity contribution is -0.122. The minimum Gasteiger partial charge on any atom is -0.497 e. The third kappa shape index (κ3) is 3.94. The van der Waals surface area contributed by atoms with Crippen LogP contribution >= 0.6 is 0 Å². The zero-order chi connectivity index (χ0) is 21.0. The van der Waals surface area contributed by atoms with E-state index in [1.54, 1.807) is 12.1 Å². The molecular formula is C21H15FN2O5. The number of nitrogens with zero attached hydrogens (tertiary/aromatic N) is 1. The number of methoxy groups -OCH3 is 1. The first kappa shape index (κ1) is 19.6. The van der Waals surface area contributed by atoms with E-state index in [2.05, 4.69) is 5.92 Å². The molecule has 0 radical (unpaired) electrons. The van der Waals surface area contributed by atoms with E-state index in [9.17, 15) is 18.8 Å². The lowest BCUT2D eigenvalue weighted by atomic mass is 10.1. The summed E-state index contributed by atoms with van der Waals surface area (Å²) < 4.78 is 24.7. The number of carbonyl (C=O) groups excluding carboxylic acids is 3. The molecule has 2 aromatic rings. The third-order valence-corrected chi connectivity index (χ3v) is 4.03. The molecule has 2 aromatic carbocycles. The number of terminal acetylenes is 1. The van der Waals surface area contributed by atoms with Gasteiger partial charge in [-0.1, -0.05) is 18.1 Å². The number of para-hydroxylation sites is 1. The number of halogens is 1. The van der Waals surface area contributed by atoms with Gasteiger partial charge in [0.15, 0.2) is 0 Å². The number of ether oxygens (including phenoxy) is 2. The molecule has 0 aliphatic carbocycles. The summed E-state index contributed by atoms with van der Waals surface area (Å²) in [6.07, 6.45) is 6.46. The topological polar surface area (TPSA) is 84.9 Å². The van der Waals surface area contributed by atoms with Crippen LogP contribution in [0.4, 0.5) is 14.9 Å². The number of hydrogen-bond donors (Lipinski definition) is 1. The Labute approximate surface area is 165 Å². The van der Waals surface area contributed by atoms with Crippen molar-refractivity contribution in [2.24, 2.45) is 0 Å². The molecule has 0 aromatic heterocycles. The van der Waals surface area contributed by atoms with Crippen molar-refractivity contribution in [3.8, 4) is 23.8 Å². The summed E-state index contributed by atoms with van der Waals surface area (Å²) in [5.74, 6) is 0.395. The largest absolute Gasteiger partial charge is 0.497 e. The Morgan fingerprint density at radius 2 is 1.97 bits per heavy atom. The number of benzene rings is 2. The molecule has 1 N–H and O–H groups in total. The van der Waals surface area contributed by atoms with Gasteiger partial charge in [0, 0.05) is 11.6 Å². The van der Waals surface area contributed by atoms with E-state index >= 15 is 0 Å². The number of carbonyl (C=O) groups is 3. The van der Waals surface area contributed by atoms with Crippen molar-refractivity contribution in [1.82, 2.24) is 5.32 Å². The van der Waals surface area contributed by atoms with Gasteiger partial charge in [0.25, 0.3) is 11.8 Å². The highest BCUT2D eigenvalue weighted by Crippen LogP contribution is 2.29. The van der Waals surface area contributed by atoms with E-state index in [1.807, 2.05) is 5.32 Å². The maximum absolute atomic E-state index is 14.1. The Morgan fingerprint density at radius 1 is 1.21 bits per heavy atom. The summed E-state index contributed by atoms with van der Waals surface area (Å²) in [5.41, 5.74) is -0.294. The monoisotopic (exact) mass is 394 g/mol. The van der Waals surface area contributed by atoms with Crippen molar-refractivity contribution in [3.63, 3.8) is 0 Å². The van der Waals surface area contributed by atoms with Crippen molar-refractivity contribution < 1.29 is 28.2 Å². The van der Waals surface area contributed by atoms with Crippen LogP contribution < -0.4 is 19.7 Å². The van der Waals surface area contributed by atoms with Gasteiger partial charge in [-0.2, -0.15) is 0 Å². The number of barbiturate groups is 1. The highest BCUT2D eigenvalue weighted by Gasteiger charge is 2.38. The fraction of sp³-hybridized carbons (Fsp3) is 0.0952. The lowest BCUT2D eigenvalue weighted by Crippen LogP contribution is -2.54. The molecule has 3 rings (SSSR count). The zero-order valence-corrected chi connectivity index (χ0v) is 15.3. The molecule has 1 heterocycles.